The Morgan fingerprint density at radius 3 is 2.71 bits per heavy atom. The Balaban J connectivity index is 1.76. The van der Waals surface area contributed by atoms with Crippen molar-refractivity contribution in [1.29, 1.82) is 0 Å². The molecule has 0 aliphatic heterocycles. The van der Waals surface area contributed by atoms with E-state index in [9.17, 15) is 14.0 Å². The van der Waals surface area contributed by atoms with Crippen molar-refractivity contribution in [1.82, 2.24) is 19.5 Å². The van der Waals surface area contributed by atoms with Gasteiger partial charge < -0.3 is 4.74 Å². The largest absolute Gasteiger partial charge is 0.487 e. The number of halogens is 1. The molecule has 1 N–H and O–H groups in total. The second kappa shape index (κ2) is 7.07. The molecule has 0 radical (unpaired) electrons. The minimum atomic E-state index is -0.604. The summed E-state index contributed by atoms with van der Waals surface area (Å²) < 4.78 is 20.4. The number of hydrogen-bond acceptors (Lipinski definition) is 5. The standard InChI is InChI=1S/C20H15FN4O3/c1-12-6-7-13(28-11-16-15(21)5-3-8-22-16)10-17(12)25-19(26)14-4-2-9-23-18(14)24-20(25)27/h2-10H,11H2,1H3,(H,23,24,27). The van der Waals surface area contributed by atoms with Gasteiger partial charge in [-0.2, -0.15) is 0 Å². The highest BCUT2D eigenvalue weighted by molar-refractivity contribution is 5.73. The predicted molar refractivity (Wildman–Crippen MR) is 101 cm³/mol. The van der Waals surface area contributed by atoms with Crippen molar-refractivity contribution in [3.63, 3.8) is 0 Å². The van der Waals surface area contributed by atoms with Gasteiger partial charge in [0.05, 0.1) is 11.1 Å². The third-order valence-electron chi connectivity index (χ3n) is 4.30. The fourth-order valence-electron chi connectivity index (χ4n) is 2.86. The molecule has 0 saturated heterocycles. The van der Waals surface area contributed by atoms with E-state index in [4.69, 9.17) is 4.74 Å². The van der Waals surface area contributed by atoms with Crippen molar-refractivity contribution in [3.05, 3.63) is 92.8 Å². The van der Waals surface area contributed by atoms with Gasteiger partial charge in [0, 0.05) is 18.5 Å². The number of nitrogens with zero attached hydrogens (tertiary/aromatic N) is 3. The number of pyridine rings is 2. The number of hydrogen-bond donors (Lipinski definition) is 1. The van der Waals surface area contributed by atoms with Crippen molar-refractivity contribution in [2.24, 2.45) is 0 Å². The summed E-state index contributed by atoms with van der Waals surface area (Å²) in [5.41, 5.74) is 0.374. The lowest BCUT2D eigenvalue weighted by Gasteiger charge is -2.12. The second-order valence-electron chi connectivity index (χ2n) is 6.14. The average molecular weight is 378 g/mol. The maximum atomic E-state index is 13.7. The molecular formula is C20H15FN4O3. The molecule has 0 bridgehead atoms. The van der Waals surface area contributed by atoms with Crippen molar-refractivity contribution >= 4 is 11.0 Å². The van der Waals surface area contributed by atoms with Crippen molar-refractivity contribution < 1.29 is 9.13 Å². The Hall–Kier alpha value is -3.81. The normalized spacial score (nSPS) is 10.9. The molecule has 140 valence electrons. The smallest absolute Gasteiger partial charge is 0.334 e. The molecule has 4 rings (SSSR count). The first-order chi connectivity index (χ1) is 13.5. The predicted octanol–water partition coefficient (Wildman–Crippen LogP) is 2.50. The third kappa shape index (κ3) is 3.16. The van der Waals surface area contributed by atoms with E-state index in [0.717, 1.165) is 4.57 Å². The van der Waals surface area contributed by atoms with E-state index in [0.29, 0.717) is 22.4 Å². The van der Waals surface area contributed by atoms with Crippen LogP contribution in [0.4, 0.5) is 4.39 Å². The van der Waals surface area contributed by atoms with E-state index in [-0.39, 0.29) is 17.9 Å². The third-order valence-corrected chi connectivity index (χ3v) is 4.30. The first-order valence-electron chi connectivity index (χ1n) is 8.48. The summed E-state index contributed by atoms with van der Waals surface area (Å²) in [4.78, 5) is 35.9. The van der Waals surface area contributed by atoms with E-state index >= 15 is 0 Å². The lowest BCUT2D eigenvalue weighted by Crippen LogP contribution is -2.34. The lowest BCUT2D eigenvalue weighted by atomic mass is 10.2. The van der Waals surface area contributed by atoms with Crippen LogP contribution in [-0.4, -0.2) is 19.5 Å². The molecule has 0 saturated carbocycles. The van der Waals surface area contributed by atoms with Crippen molar-refractivity contribution in [2.75, 3.05) is 0 Å². The van der Waals surface area contributed by atoms with Crippen LogP contribution in [0, 0.1) is 12.7 Å². The van der Waals surface area contributed by atoms with E-state index in [2.05, 4.69) is 15.0 Å². The number of aromatic amines is 1. The minimum absolute atomic E-state index is 0.0813. The SMILES string of the molecule is Cc1ccc(OCc2ncccc2F)cc1-n1c(=O)[nH]c2ncccc2c1=O. The van der Waals surface area contributed by atoms with Crippen molar-refractivity contribution in [3.8, 4) is 11.4 Å². The minimum Gasteiger partial charge on any atom is -0.487 e. The van der Waals surface area contributed by atoms with Gasteiger partial charge in [0.15, 0.2) is 0 Å². The van der Waals surface area contributed by atoms with Gasteiger partial charge >= 0.3 is 5.69 Å². The molecule has 0 amide bonds. The van der Waals surface area contributed by atoms with Crippen LogP contribution in [0.5, 0.6) is 5.75 Å². The van der Waals surface area contributed by atoms with Gasteiger partial charge in [-0.1, -0.05) is 6.07 Å². The van der Waals surface area contributed by atoms with Gasteiger partial charge in [-0.25, -0.2) is 18.7 Å². The highest BCUT2D eigenvalue weighted by atomic mass is 19.1. The van der Waals surface area contributed by atoms with E-state index < -0.39 is 17.1 Å². The molecule has 3 heterocycles. The number of benzene rings is 1. The van der Waals surface area contributed by atoms with Crippen LogP contribution in [0.3, 0.4) is 0 Å². The van der Waals surface area contributed by atoms with Crippen LogP contribution >= 0.6 is 0 Å². The first kappa shape index (κ1) is 17.6. The summed E-state index contributed by atoms with van der Waals surface area (Å²) in [6.07, 6.45) is 2.98. The molecule has 0 aliphatic rings. The van der Waals surface area contributed by atoms with Crippen LogP contribution in [0.15, 0.2) is 64.4 Å². The number of nitrogens with one attached hydrogen (secondary N) is 1. The summed E-state index contributed by atoms with van der Waals surface area (Å²) in [6.45, 7) is 1.69. The van der Waals surface area contributed by atoms with Crippen LogP contribution in [0.2, 0.25) is 0 Å². The Kier molecular flexibility index (Phi) is 4.44. The van der Waals surface area contributed by atoms with Crippen LogP contribution < -0.4 is 16.0 Å². The lowest BCUT2D eigenvalue weighted by molar-refractivity contribution is 0.294. The summed E-state index contributed by atoms with van der Waals surface area (Å²) in [5.74, 6) is -0.0900. The van der Waals surface area contributed by atoms with Gasteiger partial charge in [0.1, 0.15) is 29.5 Å². The summed E-state index contributed by atoms with van der Waals surface area (Å²) in [6, 6.07) is 11.0. The maximum absolute atomic E-state index is 13.7. The number of ether oxygens (including phenoxy) is 1. The average Bonchev–Trinajstić information content (AvgIpc) is 2.69. The van der Waals surface area contributed by atoms with E-state index in [1.165, 1.54) is 24.5 Å². The number of aryl methyl sites for hydroxylation is 1. The Morgan fingerprint density at radius 2 is 1.89 bits per heavy atom. The van der Waals surface area contributed by atoms with Gasteiger partial charge in [0.2, 0.25) is 0 Å². The molecule has 8 heteroatoms. The maximum Gasteiger partial charge on any atom is 0.334 e. The number of fused-ring (bicyclic) bond motifs is 1. The van der Waals surface area contributed by atoms with Crippen LogP contribution in [0.25, 0.3) is 16.7 Å². The van der Waals surface area contributed by atoms with Gasteiger partial charge in [-0.15, -0.1) is 0 Å². The van der Waals surface area contributed by atoms with Gasteiger partial charge in [-0.05, 0) is 42.8 Å². The van der Waals surface area contributed by atoms with E-state index in [1.54, 1.807) is 37.3 Å². The van der Waals surface area contributed by atoms with Crippen molar-refractivity contribution in [2.45, 2.75) is 13.5 Å². The number of H-pyrrole nitrogens is 1. The van der Waals surface area contributed by atoms with Gasteiger partial charge in [-0.3, -0.25) is 14.8 Å². The second-order valence-corrected chi connectivity index (χ2v) is 6.14. The Bertz CT molecular complexity index is 1300. The summed E-state index contributed by atoms with van der Waals surface area (Å²) in [5, 5.41) is 0.295. The zero-order valence-corrected chi connectivity index (χ0v) is 14.8. The fraction of sp³-hybridized carbons (Fsp3) is 0.100. The molecule has 7 nitrogen and oxygen atoms in total. The molecule has 4 aromatic rings. The molecule has 0 unspecified atom stereocenters. The quantitative estimate of drug-likeness (QED) is 0.589. The Morgan fingerprint density at radius 1 is 1.11 bits per heavy atom. The zero-order valence-electron chi connectivity index (χ0n) is 14.8. The van der Waals surface area contributed by atoms with Gasteiger partial charge in [0.25, 0.3) is 5.56 Å². The highest BCUT2D eigenvalue weighted by Crippen LogP contribution is 2.21. The number of rotatable bonds is 4. The zero-order chi connectivity index (χ0) is 19.7. The molecule has 0 spiro atoms. The monoisotopic (exact) mass is 378 g/mol. The van der Waals surface area contributed by atoms with Crippen LogP contribution in [0.1, 0.15) is 11.3 Å². The molecule has 0 fully saturated rings. The molecule has 1 aromatic carbocycles. The van der Waals surface area contributed by atoms with E-state index in [1.807, 2.05) is 0 Å². The molecular weight excluding hydrogens is 363 g/mol. The van der Waals surface area contributed by atoms with Crippen LogP contribution in [-0.2, 0) is 6.61 Å². The molecule has 3 aromatic heterocycles. The Labute approximate surface area is 158 Å². The first-order valence-corrected chi connectivity index (χ1v) is 8.48. The number of aromatic nitrogens is 4. The molecule has 0 atom stereocenters. The highest BCUT2D eigenvalue weighted by Gasteiger charge is 2.13. The summed E-state index contributed by atoms with van der Waals surface area (Å²) in [7, 11) is 0. The fourth-order valence-corrected chi connectivity index (χ4v) is 2.86. The summed E-state index contributed by atoms with van der Waals surface area (Å²) >= 11 is 0. The topological polar surface area (TPSA) is 89.9 Å². The molecule has 0 aliphatic carbocycles. The molecule has 28 heavy (non-hydrogen) atoms.